The van der Waals surface area contributed by atoms with Crippen LogP contribution < -0.4 is 15.4 Å². The number of nitrogens with zero attached hydrogens (tertiary/aromatic N) is 3. The molecule has 144 valence electrons. The van der Waals surface area contributed by atoms with Crippen LogP contribution in [0.1, 0.15) is 11.3 Å². The predicted octanol–water partition coefficient (Wildman–Crippen LogP) is 1.46. The average molecular weight is 369 g/mol. The van der Waals surface area contributed by atoms with E-state index in [4.69, 9.17) is 4.74 Å². The third kappa shape index (κ3) is 7.35. The number of rotatable bonds is 8. The summed E-state index contributed by atoms with van der Waals surface area (Å²) in [5.41, 5.74) is 2.06. The second-order valence-electron chi connectivity index (χ2n) is 6.15. The zero-order chi connectivity index (χ0) is 19.5. The highest BCUT2D eigenvalue weighted by Crippen LogP contribution is 2.11. The fourth-order valence-corrected chi connectivity index (χ4v) is 2.26. The number of carbonyl (C=O) groups excluding carboxylic acids is 1. The highest BCUT2D eigenvalue weighted by Gasteiger charge is 2.06. The van der Waals surface area contributed by atoms with E-state index in [1.165, 1.54) is 5.56 Å². The molecule has 0 spiro atoms. The highest BCUT2D eigenvalue weighted by atomic mass is 16.5. The van der Waals surface area contributed by atoms with E-state index in [9.17, 15) is 4.79 Å². The number of ether oxygens (including phenoxy) is 1. The number of likely N-dealkylation sites (N-methyl/N-ethyl adjacent to an activating group) is 1. The second-order valence-corrected chi connectivity index (χ2v) is 6.15. The highest BCUT2D eigenvalue weighted by molar-refractivity contribution is 5.86. The number of aromatic nitrogens is 1. The number of amides is 1. The minimum Gasteiger partial charge on any atom is -0.497 e. The number of nitrogens with one attached hydrogen (secondary N) is 2. The van der Waals surface area contributed by atoms with Crippen molar-refractivity contribution in [3.63, 3.8) is 0 Å². The lowest BCUT2D eigenvalue weighted by Crippen LogP contribution is -2.43. The van der Waals surface area contributed by atoms with Gasteiger partial charge in [0.25, 0.3) is 0 Å². The lowest BCUT2D eigenvalue weighted by Gasteiger charge is -2.15. The van der Waals surface area contributed by atoms with Gasteiger partial charge in [0.05, 0.1) is 25.9 Å². The molecule has 0 atom stereocenters. The molecular weight excluding hydrogens is 342 g/mol. The normalized spacial score (nSPS) is 11.0. The number of pyridine rings is 1. The van der Waals surface area contributed by atoms with Gasteiger partial charge in [-0.25, -0.2) is 4.99 Å². The van der Waals surface area contributed by atoms with Crippen LogP contribution in [0.3, 0.4) is 0 Å². The molecular formula is C20H27N5O2. The topological polar surface area (TPSA) is 78.8 Å². The summed E-state index contributed by atoms with van der Waals surface area (Å²) in [6, 6.07) is 13.7. The van der Waals surface area contributed by atoms with Gasteiger partial charge in [0.1, 0.15) is 5.75 Å². The SMILES string of the molecule is COc1ccc(CCNC(=NCc2ccccn2)NCC(=O)N(C)C)cc1. The van der Waals surface area contributed by atoms with Crippen LogP contribution in [0.15, 0.2) is 53.7 Å². The average Bonchev–Trinajstić information content (AvgIpc) is 2.70. The minimum atomic E-state index is -0.0162. The van der Waals surface area contributed by atoms with Gasteiger partial charge in [0.2, 0.25) is 5.91 Å². The van der Waals surface area contributed by atoms with E-state index in [2.05, 4.69) is 20.6 Å². The molecule has 0 radical (unpaired) electrons. The Kier molecular flexibility index (Phi) is 8.09. The van der Waals surface area contributed by atoms with Crippen LogP contribution in [0.4, 0.5) is 0 Å². The maximum atomic E-state index is 11.8. The Balaban J connectivity index is 1.92. The van der Waals surface area contributed by atoms with Crippen LogP contribution in [0, 0.1) is 0 Å². The number of hydrogen-bond donors (Lipinski definition) is 2. The Bertz CT molecular complexity index is 730. The molecule has 1 heterocycles. The molecule has 2 rings (SSSR count). The van der Waals surface area contributed by atoms with E-state index in [0.29, 0.717) is 19.0 Å². The molecule has 0 saturated carbocycles. The summed E-state index contributed by atoms with van der Waals surface area (Å²) in [7, 11) is 5.11. The van der Waals surface area contributed by atoms with Gasteiger partial charge in [0.15, 0.2) is 5.96 Å². The van der Waals surface area contributed by atoms with Gasteiger partial charge in [-0.2, -0.15) is 0 Å². The van der Waals surface area contributed by atoms with Crippen LogP contribution in [-0.4, -0.2) is 56.0 Å². The first-order valence-electron chi connectivity index (χ1n) is 8.83. The molecule has 0 aliphatic rings. The molecule has 0 saturated heterocycles. The van der Waals surface area contributed by atoms with Crippen molar-refractivity contribution in [2.24, 2.45) is 4.99 Å². The minimum absolute atomic E-state index is 0.0162. The van der Waals surface area contributed by atoms with E-state index < -0.39 is 0 Å². The van der Waals surface area contributed by atoms with Gasteiger partial charge >= 0.3 is 0 Å². The fourth-order valence-electron chi connectivity index (χ4n) is 2.26. The standard InChI is InChI=1S/C20H27N5O2/c1-25(2)19(26)15-24-20(23-14-17-6-4-5-12-21-17)22-13-11-16-7-9-18(27-3)10-8-16/h4-10,12H,11,13-15H2,1-3H3,(H2,22,23,24). The number of benzene rings is 1. The largest absolute Gasteiger partial charge is 0.497 e. The van der Waals surface area contributed by atoms with Gasteiger partial charge in [0, 0.05) is 26.8 Å². The van der Waals surface area contributed by atoms with E-state index >= 15 is 0 Å². The molecule has 2 N–H and O–H groups in total. The molecule has 1 amide bonds. The summed E-state index contributed by atoms with van der Waals surface area (Å²) < 4.78 is 5.17. The van der Waals surface area contributed by atoms with Crippen molar-refractivity contribution in [1.82, 2.24) is 20.5 Å². The van der Waals surface area contributed by atoms with Crippen molar-refractivity contribution in [1.29, 1.82) is 0 Å². The summed E-state index contributed by atoms with van der Waals surface area (Å²) in [6.45, 7) is 1.31. The number of guanidine groups is 1. The van der Waals surface area contributed by atoms with E-state index in [-0.39, 0.29) is 12.5 Å². The van der Waals surface area contributed by atoms with Crippen LogP contribution in [0.5, 0.6) is 5.75 Å². The Hall–Kier alpha value is -3.09. The molecule has 1 aromatic heterocycles. The molecule has 7 heteroatoms. The summed E-state index contributed by atoms with van der Waals surface area (Å²) in [4.78, 5) is 22.2. The lowest BCUT2D eigenvalue weighted by molar-refractivity contribution is -0.127. The Morgan fingerprint density at radius 2 is 1.93 bits per heavy atom. The van der Waals surface area contributed by atoms with Crippen molar-refractivity contribution >= 4 is 11.9 Å². The van der Waals surface area contributed by atoms with Gasteiger partial charge in [-0.3, -0.25) is 9.78 Å². The van der Waals surface area contributed by atoms with Gasteiger partial charge in [-0.1, -0.05) is 18.2 Å². The maximum absolute atomic E-state index is 11.8. The number of aliphatic imine (C=N–C) groups is 1. The molecule has 27 heavy (non-hydrogen) atoms. The lowest BCUT2D eigenvalue weighted by atomic mass is 10.1. The fraction of sp³-hybridized carbons (Fsp3) is 0.350. The first-order valence-corrected chi connectivity index (χ1v) is 8.83. The second kappa shape index (κ2) is 10.8. The zero-order valence-electron chi connectivity index (χ0n) is 16.1. The zero-order valence-corrected chi connectivity index (χ0v) is 16.1. The Labute approximate surface area is 160 Å². The van der Waals surface area contributed by atoms with Crippen LogP contribution in [-0.2, 0) is 17.8 Å². The van der Waals surface area contributed by atoms with Gasteiger partial charge in [-0.15, -0.1) is 0 Å². The van der Waals surface area contributed by atoms with Crippen molar-refractivity contribution < 1.29 is 9.53 Å². The molecule has 0 aliphatic carbocycles. The summed E-state index contributed by atoms with van der Waals surface area (Å²) in [6.07, 6.45) is 2.57. The maximum Gasteiger partial charge on any atom is 0.241 e. The van der Waals surface area contributed by atoms with Gasteiger partial charge in [-0.05, 0) is 36.2 Å². The first-order chi connectivity index (χ1) is 13.1. The predicted molar refractivity (Wildman–Crippen MR) is 107 cm³/mol. The summed E-state index contributed by atoms with van der Waals surface area (Å²) >= 11 is 0. The third-order valence-electron chi connectivity index (χ3n) is 3.90. The van der Waals surface area contributed by atoms with E-state index in [1.54, 1.807) is 32.3 Å². The number of hydrogen-bond acceptors (Lipinski definition) is 4. The molecule has 0 fully saturated rings. The quantitative estimate of drug-likeness (QED) is 0.544. The van der Waals surface area contributed by atoms with Crippen LogP contribution in [0.2, 0.25) is 0 Å². The Morgan fingerprint density at radius 1 is 1.15 bits per heavy atom. The first kappa shape index (κ1) is 20.2. The van der Waals surface area contributed by atoms with Crippen LogP contribution in [0.25, 0.3) is 0 Å². The van der Waals surface area contributed by atoms with Crippen LogP contribution >= 0.6 is 0 Å². The van der Waals surface area contributed by atoms with Crippen molar-refractivity contribution in [2.45, 2.75) is 13.0 Å². The smallest absolute Gasteiger partial charge is 0.241 e. The molecule has 0 unspecified atom stereocenters. The number of methoxy groups -OCH3 is 1. The molecule has 7 nitrogen and oxygen atoms in total. The molecule has 0 bridgehead atoms. The van der Waals surface area contributed by atoms with Crippen molar-refractivity contribution in [3.05, 3.63) is 59.9 Å². The summed E-state index contributed by atoms with van der Waals surface area (Å²) in [5, 5.41) is 6.35. The number of carbonyl (C=O) groups is 1. The Morgan fingerprint density at radius 3 is 2.56 bits per heavy atom. The van der Waals surface area contributed by atoms with Gasteiger partial charge < -0.3 is 20.3 Å². The molecule has 2 aromatic rings. The van der Waals surface area contributed by atoms with Crippen molar-refractivity contribution in [2.75, 3.05) is 34.3 Å². The summed E-state index contributed by atoms with van der Waals surface area (Å²) in [5.74, 6) is 1.41. The molecule has 1 aromatic carbocycles. The van der Waals surface area contributed by atoms with E-state index in [1.807, 2.05) is 42.5 Å². The third-order valence-corrected chi connectivity index (χ3v) is 3.90. The van der Waals surface area contributed by atoms with Crippen molar-refractivity contribution in [3.8, 4) is 5.75 Å². The monoisotopic (exact) mass is 369 g/mol. The molecule has 0 aliphatic heterocycles. The van der Waals surface area contributed by atoms with E-state index in [0.717, 1.165) is 17.9 Å².